The van der Waals surface area contributed by atoms with Crippen LogP contribution in [-0.4, -0.2) is 43.1 Å². The van der Waals surface area contributed by atoms with Crippen LogP contribution in [0, 0.1) is 5.41 Å². The Morgan fingerprint density at radius 3 is 2.81 bits per heavy atom. The molecule has 0 spiro atoms. The van der Waals surface area contributed by atoms with Crippen molar-refractivity contribution in [3.8, 4) is 0 Å². The van der Waals surface area contributed by atoms with E-state index < -0.39 is 0 Å². The van der Waals surface area contributed by atoms with Crippen LogP contribution < -0.4 is 5.32 Å². The molecule has 3 atom stereocenters. The maximum atomic E-state index is 5.81. The first-order valence-electron chi connectivity index (χ1n) is 7.67. The van der Waals surface area contributed by atoms with Crippen molar-refractivity contribution >= 4 is 0 Å². The van der Waals surface area contributed by atoms with E-state index in [1.807, 2.05) is 14.0 Å². The number of aromatic nitrogens is 2. The van der Waals surface area contributed by atoms with E-state index in [1.165, 1.54) is 0 Å². The third-order valence-corrected chi connectivity index (χ3v) is 3.86. The first-order chi connectivity index (χ1) is 9.97. The first-order valence-corrected chi connectivity index (χ1v) is 7.67. The molecule has 1 aromatic rings. The normalized spacial score (nSPS) is 25.0. The fourth-order valence-electron chi connectivity index (χ4n) is 2.71. The first kappa shape index (κ1) is 16.4. The van der Waals surface area contributed by atoms with Crippen LogP contribution in [0.2, 0.25) is 0 Å². The minimum absolute atomic E-state index is 0.0807. The number of rotatable bonds is 5. The highest BCUT2D eigenvalue weighted by Gasteiger charge is 2.35. The number of hydrogen-bond donors (Lipinski definition) is 1. The predicted octanol–water partition coefficient (Wildman–Crippen LogP) is 2.29. The van der Waals surface area contributed by atoms with Gasteiger partial charge in [0.15, 0.2) is 0 Å². The molecule has 0 radical (unpaired) electrons. The Labute approximate surface area is 126 Å². The van der Waals surface area contributed by atoms with Crippen LogP contribution in [-0.2, 0) is 9.47 Å². The molecule has 21 heavy (non-hydrogen) atoms. The molecule has 2 heterocycles. The molecule has 6 nitrogen and oxygen atoms in total. The van der Waals surface area contributed by atoms with Gasteiger partial charge in [-0.2, -0.15) is 4.98 Å². The highest BCUT2D eigenvalue weighted by atomic mass is 16.5. The molecule has 1 aliphatic heterocycles. The minimum Gasteiger partial charge on any atom is -0.381 e. The quantitative estimate of drug-likeness (QED) is 0.899. The molecule has 1 aromatic heterocycles. The molecule has 6 heteroatoms. The molecule has 0 amide bonds. The maximum Gasteiger partial charge on any atom is 0.233 e. The van der Waals surface area contributed by atoms with Crippen molar-refractivity contribution in [1.82, 2.24) is 15.5 Å². The Kier molecular flexibility index (Phi) is 5.35. The fraction of sp³-hybridized carbons (Fsp3) is 0.867. The van der Waals surface area contributed by atoms with Gasteiger partial charge in [-0.15, -0.1) is 0 Å². The van der Waals surface area contributed by atoms with Crippen molar-refractivity contribution in [1.29, 1.82) is 0 Å². The third kappa shape index (κ3) is 3.81. The van der Waals surface area contributed by atoms with Gasteiger partial charge in [-0.1, -0.05) is 25.9 Å². The molecule has 1 aliphatic rings. The summed E-state index contributed by atoms with van der Waals surface area (Å²) < 4.78 is 16.9. The van der Waals surface area contributed by atoms with Crippen molar-refractivity contribution in [2.24, 2.45) is 5.41 Å². The van der Waals surface area contributed by atoms with Crippen molar-refractivity contribution in [2.45, 2.75) is 52.2 Å². The molecule has 3 unspecified atom stereocenters. The molecule has 0 bridgehead atoms. The van der Waals surface area contributed by atoms with Crippen LogP contribution in [0.4, 0.5) is 0 Å². The van der Waals surface area contributed by atoms with Crippen LogP contribution in [0.25, 0.3) is 0 Å². The largest absolute Gasteiger partial charge is 0.381 e. The van der Waals surface area contributed by atoms with Gasteiger partial charge in [-0.25, -0.2) is 0 Å². The second-order valence-electron chi connectivity index (χ2n) is 6.56. The van der Waals surface area contributed by atoms with Gasteiger partial charge in [0.25, 0.3) is 0 Å². The average Bonchev–Trinajstić information content (AvgIpc) is 2.92. The van der Waals surface area contributed by atoms with Gasteiger partial charge in [-0.3, -0.25) is 0 Å². The second kappa shape index (κ2) is 6.85. The summed E-state index contributed by atoms with van der Waals surface area (Å²) in [6, 6.07) is 0.312. The molecule has 120 valence electrons. The van der Waals surface area contributed by atoms with Gasteiger partial charge in [-0.05, 0) is 25.8 Å². The van der Waals surface area contributed by atoms with E-state index in [9.17, 15) is 0 Å². The van der Waals surface area contributed by atoms with Crippen LogP contribution in [0.15, 0.2) is 4.52 Å². The van der Waals surface area contributed by atoms with Crippen LogP contribution in [0.1, 0.15) is 57.9 Å². The van der Waals surface area contributed by atoms with Gasteiger partial charge in [0, 0.05) is 19.3 Å². The summed E-state index contributed by atoms with van der Waals surface area (Å²) in [6.07, 6.45) is 0.782. The summed E-state index contributed by atoms with van der Waals surface area (Å²) in [5.74, 6) is 1.37. The van der Waals surface area contributed by atoms with Crippen molar-refractivity contribution < 1.29 is 14.0 Å². The minimum atomic E-state index is -0.169. The Balaban J connectivity index is 2.19. The fourth-order valence-corrected chi connectivity index (χ4v) is 2.71. The summed E-state index contributed by atoms with van der Waals surface area (Å²) >= 11 is 0. The Hall–Kier alpha value is -0.980. The lowest BCUT2D eigenvalue weighted by molar-refractivity contribution is -0.0203. The Morgan fingerprint density at radius 1 is 1.43 bits per heavy atom. The van der Waals surface area contributed by atoms with Gasteiger partial charge in [0.2, 0.25) is 11.7 Å². The summed E-state index contributed by atoms with van der Waals surface area (Å²) in [7, 11) is 1.96. The molecule has 0 aromatic carbocycles. The van der Waals surface area contributed by atoms with Gasteiger partial charge < -0.3 is 19.3 Å². The standard InChI is InChI=1S/C15H27N3O3/c1-6-20-12(15(2,3)4)13-17-14(21-18-13)10-9-19-8-7-11(10)16-5/h10-12,16H,6-9H2,1-5H3. The molecule has 1 fully saturated rings. The summed E-state index contributed by atoms with van der Waals surface area (Å²) in [5, 5.41) is 7.46. The van der Waals surface area contributed by atoms with E-state index in [2.05, 4.69) is 36.2 Å². The van der Waals surface area contributed by atoms with Crippen LogP contribution >= 0.6 is 0 Å². The van der Waals surface area contributed by atoms with Gasteiger partial charge >= 0.3 is 0 Å². The smallest absolute Gasteiger partial charge is 0.233 e. The lowest BCUT2D eigenvalue weighted by atomic mass is 9.88. The number of nitrogens with one attached hydrogen (secondary N) is 1. The summed E-state index contributed by atoms with van der Waals surface area (Å²) in [6.45, 7) is 10.3. The SMILES string of the molecule is CCOC(c1noc(C2COCCC2NC)n1)C(C)(C)C. The van der Waals surface area contributed by atoms with Gasteiger partial charge in [0.05, 0.1) is 12.5 Å². The van der Waals surface area contributed by atoms with Crippen molar-refractivity contribution in [2.75, 3.05) is 26.9 Å². The van der Waals surface area contributed by atoms with Crippen molar-refractivity contribution in [3.05, 3.63) is 11.7 Å². The van der Waals surface area contributed by atoms with E-state index in [4.69, 9.17) is 14.0 Å². The molecule has 0 aliphatic carbocycles. The van der Waals surface area contributed by atoms with Crippen molar-refractivity contribution in [3.63, 3.8) is 0 Å². The molecular formula is C15H27N3O3. The highest BCUT2D eigenvalue weighted by Crippen LogP contribution is 2.35. The molecule has 1 saturated heterocycles. The van der Waals surface area contributed by atoms with E-state index in [-0.39, 0.29) is 17.4 Å². The molecular weight excluding hydrogens is 270 g/mol. The average molecular weight is 297 g/mol. The monoisotopic (exact) mass is 297 g/mol. The second-order valence-corrected chi connectivity index (χ2v) is 6.56. The van der Waals surface area contributed by atoms with Gasteiger partial charge in [0.1, 0.15) is 6.10 Å². The summed E-state index contributed by atoms with van der Waals surface area (Å²) in [4.78, 5) is 4.59. The zero-order valence-electron chi connectivity index (χ0n) is 13.7. The number of hydrogen-bond acceptors (Lipinski definition) is 6. The number of likely N-dealkylation sites (N-methyl/N-ethyl adjacent to an activating group) is 1. The molecule has 2 rings (SSSR count). The van der Waals surface area contributed by atoms with E-state index >= 15 is 0 Å². The summed E-state index contributed by atoms with van der Waals surface area (Å²) in [5.41, 5.74) is -0.0807. The van der Waals surface area contributed by atoms with E-state index in [0.717, 1.165) is 13.0 Å². The van der Waals surface area contributed by atoms with Crippen LogP contribution in [0.5, 0.6) is 0 Å². The molecule has 0 saturated carbocycles. The number of nitrogens with zero attached hydrogens (tertiary/aromatic N) is 2. The van der Waals surface area contributed by atoms with E-state index in [0.29, 0.717) is 31.0 Å². The third-order valence-electron chi connectivity index (χ3n) is 3.86. The van der Waals surface area contributed by atoms with Crippen LogP contribution in [0.3, 0.4) is 0 Å². The lowest BCUT2D eigenvalue weighted by Gasteiger charge is -2.29. The zero-order chi connectivity index (χ0) is 15.5. The highest BCUT2D eigenvalue weighted by molar-refractivity contribution is 5.04. The maximum absolute atomic E-state index is 5.81. The predicted molar refractivity (Wildman–Crippen MR) is 79.1 cm³/mol. The lowest BCUT2D eigenvalue weighted by Crippen LogP contribution is -2.39. The molecule has 1 N–H and O–H groups in total. The van der Waals surface area contributed by atoms with E-state index in [1.54, 1.807) is 0 Å². The zero-order valence-corrected chi connectivity index (χ0v) is 13.7. The Morgan fingerprint density at radius 2 is 2.19 bits per heavy atom. The topological polar surface area (TPSA) is 69.4 Å². The Bertz CT molecular complexity index is 442. The number of ether oxygens (including phenoxy) is 2.